The maximum absolute atomic E-state index is 11.8. The third kappa shape index (κ3) is 4.14. The Kier molecular flexibility index (Phi) is 5.26. The van der Waals surface area contributed by atoms with E-state index in [-0.39, 0.29) is 17.9 Å². The lowest BCUT2D eigenvalue weighted by molar-refractivity contribution is -0.116. The van der Waals surface area contributed by atoms with E-state index < -0.39 is 0 Å². The van der Waals surface area contributed by atoms with Crippen LogP contribution in [0.15, 0.2) is 33.7 Å². The zero-order valence-corrected chi connectivity index (χ0v) is 13.8. The molecule has 0 aliphatic carbocycles. The average molecular weight is 366 g/mol. The van der Waals surface area contributed by atoms with E-state index in [1.54, 1.807) is 13.1 Å². The summed E-state index contributed by atoms with van der Waals surface area (Å²) in [5.74, 6) is 0.375. The lowest BCUT2D eigenvalue weighted by atomic mass is 10.3. The molecule has 2 N–H and O–H groups in total. The molecule has 2 aromatic heterocycles. The van der Waals surface area contributed by atoms with E-state index >= 15 is 0 Å². The molecule has 0 aliphatic heterocycles. The van der Waals surface area contributed by atoms with Gasteiger partial charge in [0.25, 0.3) is 5.56 Å². The van der Waals surface area contributed by atoms with Crippen molar-refractivity contribution in [1.29, 1.82) is 0 Å². The molecule has 0 atom stereocenters. The molecule has 0 aromatic carbocycles. The van der Waals surface area contributed by atoms with Crippen molar-refractivity contribution in [3.05, 3.63) is 44.9 Å². The van der Waals surface area contributed by atoms with Crippen molar-refractivity contribution in [2.45, 2.75) is 13.3 Å². The molecule has 1 amide bonds. The van der Waals surface area contributed by atoms with Gasteiger partial charge in [-0.1, -0.05) is 6.07 Å². The first-order valence-electron chi connectivity index (χ1n) is 6.66. The number of nitrogens with zero attached hydrogens (tertiary/aromatic N) is 3. The fraction of sp³-hybridized carbons (Fsp3) is 0.286. The molecule has 2 heterocycles. The average Bonchev–Trinajstić information content (AvgIpc) is 2.47. The summed E-state index contributed by atoms with van der Waals surface area (Å²) >= 11 is 3.21. The van der Waals surface area contributed by atoms with E-state index in [9.17, 15) is 9.59 Å². The fourth-order valence-corrected chi connectivity index (χ4v) is 2.26. The van der Waals surface area contributed by atoms with Gasteiger partial charge in [0.05, 0.1) is 11.9 Å². The minimum absolute atomic E-state index is 0.154. The molecule has 0 saturated carbocycles. The topological polar surface area (TPSA) is 88.9 Å². The van der Waals surface area contributed by atoms with Crippen molar-refractivity contribution >= 4 is 33.3 Å². The second kappa shape index (κ2) is 7.17. The number of anilines is 2. The van der Waals surface area contributed by atoms with Crippen molar-refractivity contribution in [3.8, 4) is 0 Å². The number of nitrogens with one attached hydrogen (secondary N) is 2. The normalized spacial score (nSPS) is 10.3. The molecule has 0 aliphatic rings. The molecule has 2 rings (SSSR count). The highest BCUT2D eigenvalue weighted by molar-refractivity contribution is 9.10. The Morgan fingerprint density at radius 1 is 1.41 bits per heavy atom. The van der Waals surface area contributed by atoms with Gasteiger partial charge in [-0.25, -0.2) is 9.67 Å². The zero-order valence-electron chi connectivity index (χ0n) is 12.3. The monoisotopic (exact) mass is 365 g/mol. The zero-order chi connectivity index (χ0) is 16.1. The molecule has 8 heteroatoms. The summed E-state index contributed by atoms with van der Waals surface area (Å²) in [5, 5.41) is 9.64. The van der Waals surface area contributed by atoms with E-state index in [2.05, 4.69) is 36.6 Å². The van der Waals surface area contributed by atoms with Crippen LogP contribution >= 0.6 is 15.9 Å². The molecule has 22 heavy (non-hydrogen) atoms. The maximum Gasteiger partial charge on any atom is 0.282 e. The quantitative estimate of drug-likeness (QED) is 0.841. The van der Waals surface area contributed by atoms with Crippen LogP contribution in [-0.4, -0.2) is 27.2 Å². The Bertz CT molecular complexity index is 744. The first kappa shape index (κ1) is 16.2. The third-order valence-electron chi connectivity index (χ3n) is 2.90. The number of pyridine rings is 1. The molecule has 0 bridgehead atoms. The first-order chi connectivity index (χ1) is 10.5. The van der Waals surface area contributed by atoms with Gasteiger partial charge in [-0.2, -0.15) is 5.10 Å². The fourth-order valence-electron chi connectivity index (χ4n) is 1.76. The summed E-state index contributed by atoms with van der Waals surface area (Å²) in [4.78, 5) is 27.7. The minimum Gasteiger partial charge on any atom is -0.382 e. The van der Waals surface area contributed by atoms with Crippen LogP contribution in [0.4, 0.5) is 11.5 Å². The van der Waals surface area contributed by atoms with Crippen LogP contribution in [0.25, 0.3) is 0 Å². The van der Waals surface area contributed by atoms with Crippen molar-refractivity contribution in [2.75, 3.05) is 17.2 Å². The number of amides is 1. The second-order valence-electron chi connectivity index (χ2n) is 4.69. The van der Waals surface area contributed by atoms with Crippen molar-refractivity contribution in [2.24, 2.45) is 7.05 Å². The third-order valence-corrected chi connectivity index (χ3v) is 3.67. The molecule has 116 valence electrons. The van der Waals surface area contributed by atoms with Gasteiger partial charge < -0.3 is 10.6 Å². The molecule has 0 spiro atoms. The van der Waals surface area contributed by atoms with Gasteiger partial charge in [-0.3, -0.25) is 9.59 Å². The number of aromatic nitrogens is 3. The maximum atomic E-state index is 11.8. The molecule has 0 fully saturated rings. The van der Waals surface area contributed by atoms with Crippen LogP contribution < -0.4 is 16.2 Å². The number of carbonyl (C=O) groups is 1. The van der Waals surface area contributed by atoms with Crippen LogP contribution in [-0.2, 0) is 11.8 Å². The largest absolute Gasteiger partial charge is 0.382 e. The van der Waals surface area contributed by atoms with Gasteiger partial charge in [0.15, 0.2) is 0 Å². The van der Waals surface area contributed by atoms with Gasteiger partial charge in [-0.05, 0) is 35.0 Å². The number of hydrogen-bond donors (Lipinski definition) is 2. The highest BCUT2D eigenvalue weighted by atomic mass is 79.9. The van der Waals surface area contributed by atoms with E-state index in [4.69, 9.17) is 0 Å². The molecular formula is C14H16BrN5O2. The molecule has 0 unspecified atom stereocenters. The summed E-state index contributed by atoms with van der Waals surface area (Å²) in [7, 11) is 1.57. The Hall–Kier alpha value is -2.22. The number of aryl methyl sites for hydroxylation is 2. The van der Waals surface area contributed by atoms with E-state index in [0.717, 1.165) is 5.69 Å². The van der Waals surface area contributed by atoms with Crippen molar-refractivity contribution in [1.82, 2.24) is 14.8 Å². The molecule has 2 aromatic rings. The standard InChI is InChI=1S/C14H16BrN5O2/c1-9-4-3-5-11(18-9)19-12(21)6-7-16-10-8-17-20(2)14(22)13(10)15/h3-5,8,16H,6-7H2,1-2H3,(H,18,19,21). The predicted octanol–water partition coefficient (Wildman–Crippen LogP) is 1.69. The smallest absolute Gasteiger partial charge is 0.282 e. The Morgan fingerprint density at radius 3 is 2.91 bits per heavy atom. The van der Waals surface area contributed by atoms with Crippen LogP contribution in [0, 0.1) is 6.92 Å². The van der Waals surface area contributed by atoms with Gasteiger partial charge in [-0.15, -0.1) is 0 Å². The Balaban J connectivity index is 1.87. The van der Waals surface area contributed by atoms with Crippen LogP contribution in [0.2, 0.25) is 0 Å². The molecule has 0 saturated heterocycles. The van der Waals surface area contributed by atoms with Gasteiger partial charge in [0, 0.05) is 25.7 Å². The van der Waals surface area contributed by atoms with Crippen molar-refractivity contribution < 1.29 is 4.79 Å². The van der Waals surface area contributed by atoms with E-state index in [1.807, 2.05) is 19.1 Å². The summed E-state index contributed by atoms with van der Waals surface area (Å²) in [6, 6.07) is 5.43. The molecule has 0 radical (unpaired) electrons. The highest BCUT2D eigenvalue weighted by Crippen LogP contribution is 2.15. The SMILES string of the molecule is Cc1cccc(NC(=O)CCNc2cnn(C)c(=O)c2Br)n1. The van der Waals surface area contributed by atoms with Gasteiger partial charge in [0.2, 0.25) is 5.91 Å². The number of hydrogen-bond acceptors (Lipinski definition) is 5. The second-order valence-corrected chi connectivity index (χ2v) is 5.48. The van der Waals surface area contributed by atoms with Crippen LogP contribution in [0.5, 0.6) is 0 Å². The molecule has 7 nitrogen and oxygen atoms in total. The highest BCUT2D eigenvalue weighted by Gasteiger charge is 2.08. The lowest BCUT2D eigenvalue weighted by Gasteiger charge is -2.09. The predicted molar refractivity (Wildman–Crippen MR) is 87.9 cm³/mol. The summed E-state index contributed by atoms with van der Waals surface area (Å²) in [5.41, 5.74) is 1.16. The lowest BCUT2D eigenvalue weighted by Crippen LogP contribution is -2.22. The molecular weight excluding hydrogens is 350 g/mol. The van der Waals surface area contributed by atoms with E-state index in [1.165, 1.54) is 10.9 Å². The summed E-state index contributed by atoms with van der Waals surface area (Å²) in [6.07, 6.45) is 1.78. The Labute approximate surface area is 135 Å². The number of rotatable bonds is 5. The minimum atomic E-state index is -0.238. The summed E-state index contributed by atoms with van der Waals surface area (Å²) < 4.78 is 1.62. The van der Waals surface area contributed by atoms with Crippen LogP contribution in [0.3, 0.4) is 0 Å². The summed E-state index contributed by atoms with van der Waals surface area (Å²) in [6.45, 7) is 2.24. The Morgan fingerprint density at radius 2 is 2.18 bits per heavy atom. The first-order valence-corrected chi connectivity index (χ1v) is 7.46. The van der Waals surface area contributed by atoms with Crippen molar-refractivity contribution in [3.63, 3.8) is 0 Å². The van der Waals surface area contributed by atoms with Crippen LogP contribution in [0.1, 0.15) is 12.1 Å². The number of carbonyl (C=O) groups excluding carboxylic acids is 1. The van der Waals surface area contributed by atoms with E-state index in [0.29, 0.717) is 22.5 Å². The van der Waals surface area contributed by atoms with Gasteiger partial charge >= 0.3 is 0 Å². The van der Waals surface area contributed by atoms with Gasteiger partial charge in [0.1, 0.15) is 10.3 Å². The number of halogens is 1.